The Bertz CT molecular complexity index is 189. The number of primary amides is 1. The second-order valence-electron chi connectivity index (χ2n) is 1.78. The summed E-state index contributed by atoms with van der Waals surface area (Å²) < 4.78 is 0. The molecule has 2 amide bonds. The van der Waals surface area contributed by atoms with Crippen molar-refractivity contribution in [3.8, 4) is 0 Å². The number of amides is 2. The Morgan fingerprint density at radius 3 is 2.27 bits per heavy atom. The molecule has 4 N–H and O–H groups in total. The molecule has 0 aromatic heterocycles. The molecule has 0 aromatic rings. The van der Waals surface area contributed by atoms with Crippen LogP contribution in [0.1, 0.15) is 6.42 Å². The van der Waals surface area contributed by atoms with E-state index in [1.807, 2.05) is 5.32 Å². The minimum Gasteiger partial charge on any atom is -0.474 e. The summed E-state index contributed by atoms with van der Waals surface area (Å²) in [6, 6.07) is 0. The molecule has 0 heterocycles. The van der Waals surface area contributed by atoms with E-state index in [4.69, 9.17) is 10.8 Å². The highest BCUT2D eigenvalue weighted by atomic mass is 16.4. The van der Waals surface area contributed by atoms with E-state index in [-0.39, 0.29) is 13.0 Å². The quantitative estimate of drug-likeness (QED) is 0.417. The van der Waals surface area contributed by atoms with Gasteiger partial charge in [-0.2, -0.15) is 0 Å². The molecular formula is C5H8N2O4. The maximum absolute atomic E-state index is 10.3. The van der Waals surface area contributed by atoms with Crippen molar-refractivity contribution in [1.29, 1.82) is 0 Å². The third-order valence-corrected chi connectivity index (χ3v) is 0.851. The zero-order valence-corrected chi connectivity index (χ0v) is 5.66. The topological polar surface area (TPSA) is 109 Å². The first-order chi connectivity index (χ1) is 5.04. The molecule has 0 aliphatic carbocycles. The van der Waals surface area contributed by atoms with E-state index in [9.17, 15) is 14.4 Å². The van der Waals surface area contributed by atoms with Crippen molar-refractivity contribution in [1.82, 2.24) is 5.32 Å². The number of hydrogen-bond donors (Lipinski definition) is 3. The summed E-state index contributed by atoms with van der Waals surface area (Å²) in [6.07, 6.45) is -0.0565. The van der Waals surface area contributed by atoms with Gasteiger partial charge in [0.25, 0.3) is 0 Å². The Hall–Kier alpha value is -1.59. The van der Waals surface area contributed by atoms with Crippen LogP contribution in [0.5, 0.6) is 0 Å². The van der Waals surface area contributed by atoms with Crippen LogP contribution < -0.4 is 11.1 Å². The van der Waals surface area contributed by atoms with Crippen molar-refractivity contribution in [2.45, 2.75) is 6.42 Å². The van der Waals surface area contributed by atoms with Gasteiger partial charge in [-0.15, -0.1) is 0 Å². The van der Waals surface area contributed by atoms with E-state index >= 15 is 0 Å². The lowest BCUT2D eigenvalue weighted by Gasteiger charge is -1.97. The molecule has 0 rings (SSSR count). The van der Waals surface area contributed by atoms with Crippen LogP contribution in [-0.2, 0) is 14.4 Å². The highest BCUT2D eigenvalue weighted by Gasteiger charge is 2.09. The van der Waals surface area contributed by atoms with Crippen LogP contribution in [0, 0.1) is 0 Å². The monoisotopic (exact) mass is 160 g/mol. The fourth-order valence-corrected chi connectivity index (χ4v) is 0.375. The number of rotatable bonds is 3. The van der Waals surface area contributed by atoms with Gasteiger partial charge in [0, 0.05) is 13.0 Å². The van der Waals surface area contributed by atoms with Crippen LogP contribution in [0.4, 0.5) is 0 Å². The SMILES string of the molecule is NC(=O)CCNC(=O)C(=O)O. The average molecular weight is 160 g/mol. The molecule has 0 radical (unpaired) electrons. The first kappa shape index (κ1) is 9.41. The number of carboxylic acids is 1. The van der Waals surface area contributed by atoms with E-state index in [0.717, 1.165) is 0 Å². The number of carboxylic acid groups (broad SMARTS) is 1. The molecule has 0 aromatic carbocycles. The zero-order valence-electron chi connectivity index (χ0n) is 5.66. The van der Waals surface area contributed by atoms with E-state index in [1.54, 1.807) is 0 Å². The molecular weight excluding hydrogens is 152 g/mol. The first-order valence-corrected chi connectivity index (χ1v) is 2.83. The van der Waals surface area contributed by atoms with Crippen LogP contribution in [-0.4, -0.2) is 29.4 Å². The van der Waals surface area contributed by atoms with Gasteiger partial charge in [-0.25, -0.2) is 4.79 Å². The summed E-state index contributed by atoms with van der Waals surface area (Å²) in [4.78, 5) is 30.2. The smallest absolute Gasteiger partial charge is 0.394 e. The van der Waals surface area contributed by atoms with Crippen molar-refractivity contribution in [3.05, 3.63) is 0 Å². The maximum Gasteiger partial charge on any atom is 0.394 e. The van der Waals surface area contributed by atoms with Gasteiger partial charge in [-0.1, -0.05) is 0 Å². The molecule has 0 aliphatic rings. The summed E-state index contributed by atoms with van der Waals surface area (Å²) in [5, 5.41) is 9.99. The lowest BCUT2D eigenvalue weighted by molar-refractivity contribution is -0.150. The Kier molecular flexibility index (Phi) is 3.65. The van der Waals surface area contributed by atoms with Crippen molar-refractivity contribution in [2.24, 2.45) is 5.73 Å². The Morgan fingerprint density at radius 2 is 1.91 bits per heavy atom. The number of hydrogen-bond acceptors (Lipinski definition) is 3. The summed E-state index contributed by atoms with van der Waals surface area (Å²) in [6.45, 7) is -0.0412. The standard InChI is InChI=1S/C5H8N2O4/c6-3(8)1-2-7-4(9)5(10)11/h1-2H2,(H2,6,8)(H,7,9)(H,10,11). The Morgan fingerprint density at radius 1 is 1.36 bits per heavy atom. The lowest BCUT2D eigenvalue weighted by atomic mass is 10.4. The maximum atomic E-state index is 10.3. The van der Waals surface area contributed by atoms with Crippen LogP contribution in [0.3, 0.4) is 0 Å². The molecule has 0 spiro atoms. The van der Waals surface area contributed by atoms with E-state index in [1.165, 1.54) is 0 Å². The highest BCUT2D eigenvalue weighted by molar-refractivity contribution is 6.31. The Labute approximate surface area is 62.4 Å². The fourth-order valence-electron chi connectivity index (χ4n) is 0.375. The van der Waals surface area contributed by atoms with Gasteiger partial charge >= 0.3 is 11.9 Å². The van der Waals surface area contributed by atoms with Gasteiger partial charge < -0.3 is 16.2 Å². The van der Waals surface area contributed by atoms with Gasteiger partial charge in [-0.3, -0.25) is 9.59 Å². The minimum absolute atomic E-state index is 0.0412. The van der Waals surface area contributed by atoms with Crippen molar-refractivity contribution in [2.75, 3.05) is 6.54 Å². The molecule has 6 nitrogen and oxygen atoms in total. The fraction of sp³-hybridized carbons (Fsp3) is 0.400. The van der Waals surface area contributed by atoms with Crippen LogP contribution in [0.15, 0.2) is 0 Å². The third-order valence-electron chi connectivity index (χ3n) is 0.851. The summed E-state index contributed by atoms with van der Waals surface area (Å²) in [7, 11) is 0. The summed E-state index contributed by atoms with van der Waals surface area (Å²) in [5.41, 5.74) is 4.72. The molecule has 0 atom stereocenters. The molecule has 0 fully saturated rings. The number of carbonyl (C=O) groups is 3. The highest BCUT2D eigenvalue weighted by Crippen LogP contribution is 1.73. The molecule has 0 bridgehead atoms. The van der Waals surface area contributed by atoms with Crippen LogP contribution in [0.2, 0.25) is 0 Å². The summed E-state index contributed by atoms with van der Waals surface area (Å²) >= 11 is 0. The number of nitrogens with one attached hydrogen (secondary N) is 1. The van der Waals surface area contributed by atoms with Gasteiger partial charge in [-0.05, 0) is 0 Å². The molecule has 0 aliphatic heterocycles. The van der Waals surface area contributed by atoms with Gasteiger partial charge in [0.1, 0.15) is 0 Å². The predicted molar refractivity (Wildman–Crippen MR) is 34.5 cm³/mol. The lowest BCUT2D eigenvalue weighted by Crippen LogP contribution is -2.33. The Balaban J connectivity index is 3.47. The van der Waals surface area contributed by atoms with Crippen LogP contribution in [0.25, 0.3) is 0 Å². The van der Waals surface area contributed by atoms with Crippen molar-refractivity contribution in [3.63, 3.8) is 0 Å². The number of aliphatic carboxylic acids is 1. The first-order valence-electron chi connectivity index (χ1n) is 2.83. The van der Waals surface area contributed by atoms with E-state index < -0.39 is 17.8 Å². The normalized spacial score (nSPS) is 8.73. The van der Waals surface area contributed by atoms with E-state index in [0.29, 0.717) is 0 Å². The molecule has 11 heavy (non-hydrogen) atoms. The summed E-state index contributed by atoms with van der Waals surface area (Å²) in [5.74, 6) is -3.29. The second kappa shape index (κ2) is 4.26. The predicted octanol–water partition coefficient (Wildman–Crippen LogP) is -1.94. The number of carbonyl (C=O) groups excluding carboxylic acids is 2. The van der Waals surface area contributed by atoms with Crippen molar-refractivity contribution < 1.29 is 19.5 Å². The molecule has 0 saturated carbocycles. The third kappa shape index (κ3) is 4.89. The van der Waals surface area contributed by atoms with Gasteiger partial charge in [0.15, 0.2) is 0 Å². The van der Waals surface area contributed by atoms with Crippen LogP contribution >= 0.6 is 0 Å². The largest absolute Gasteiger partial charge is 0.474 e. The minimum atomic E-state index is -1.57. The van der Waals surface area contributed by atoms with E-state index in [2.05, 4.69) is 0 Å². The van der Waals surface area contributed by atoms with Gasteiger partial charge in [0.05, 0.1) is 0 Å². The molecule has 6 heteroatoms. The molecule has 62 valence electrons. The average Bonchev–Trinajstić information content (AvgIpc) is 1.86. The molecule has 0 saturated heterocycles. The van der Waals surface area contributed by atoms with Gasteiger partial charge in [0.2, 0.25) is 5.91 Å². The second-order valence-corrected chi connectivity index (χ2v) is 1.78. The zero-order chi connectivity index (χ0) is 8.85. The molecule has 0 unspecified atom stereocenters. The van der Waals surface area contributed by atoms with Crippen molar-refractivity contribution >= 4 is 17.8 Å². The number of nitrogens with two attached hydrogens (primary N) is 1.